The van der Waals surface area contributed by atoms with Crippen molar-refractivity contribution in [2.45, 2.75) is 36.4 Å². The first-order chi connectivity index (χ1) is 12.4. The van der Waals surface area contributed by atoms with Crippen molar-refractivity contribution in [3.05, 3.63) is 34.9 Å². The summed E-state index contributed by atoms with van der Waals surface area (Å²) in [6, 6.07) is 7.24. The number of Topliss-reactive ketones (excluding diaryl/α,β-unsaturated/α-hetero) is 1. The van der Waals surface area contributed by atoms with Gasteiger partial charge < -0.3 is 10.6 Å². The van der Waals surface area contributed by atoms with E-state index in [-0.39, 0.29) is 23.4 Å². The van der Waals surface area contributed by atoms with E-state index in [2.05, 4.69) is 15.2 Å². The second-order valence-corrected chi connectivity index (χ2v) is 7.56. The number of anilines is 1. The molecule has 0 saturated heterocycles. The van der Waals surface area contributed by atoms with Crippen molar-refractivity contribution in [1.29, 1.82) is 0 Å². The third-order valence-electron chi connectivity index (χ3n) is 4.73. The Morgan fingerprint density at radius 1 is 1.42 bits per heavy atom. The van der Waals surface area contributed by atoms with Crippen LogP contribution < -0.4 is 5.73 Å². The first-order valence-electron chi connectivity index (χ1n) is 8.31. The summed E-state index contributed by atoms with van der Waals surface area (Å²) in [7, 11) is 1.67. The molecule has 1 amide bonds. The van der Waals surface area contributed by atoms with Crippen LogP contribution in [-0.2, 0) is 15.1 Å². The summed E-state index contributed by atoms with van der Waals surface area (Å²) in [5.74, 6) is 0.143. The van der Waals surface area contributed by atoms with Crippen molar-refractivity contribution < 1.29 is 9.59 Å². The Labute approximate surface area is 160 Å². The topological polar surface area (TPSA) is 105 Å². The lowest BCUT2D eigenvalue weighted by atomic mass is 9.74. The van der Waals surface area contributed by atoms with E-state index in [1.807, 2.05) is 18.2 Å². The second kappa shape index (κ2) is 7.67. The molecule has 1 aromatic carbocycles. The number of amides is 1. The van der Waals surface area contributed by atoms with Crippen LogP contribution in [0.5, 0.6) is 0 Å². The molecular weight excluding hydrogens is 374 g/mol. The van der Waals surface area contributed by atoms with E-state index in [1.54, 1.807) is 18.0 Å². The van der Waals surface area contributed by atoms with Crippen LogP contribution in [0.3, 0.4) is 0 Å². The van der Waals surface area contributed by atoms with E-state index in [4.69, 9.17) is 17.3 Å². The average Bonchev–Trinajstić information content (AvgIpc) is 3.06. The number of rotatable bonds is 5. The van der Waals surface area contributed by atoms with Crippen LogP contribution in [0.4, 0.5) is 5.95 Å². The number of thioether (sulfide) groups is 1. The van der Waals surface area contributed by atoms with E-state index in [1.165, 1.54) is 11.8 Å². The van der Waals surface area contributed by atoms with Gasteiger partial charge in [0.2, 0.25) is 17.0 Å². The van der Waals surface area contributed by atoms with Crippen LogP contribution in [0.25, 0.3) is 0 Å². The molecule has 1 aromatic heterocycles. The van der Waals surface area contributed by atoms with Gasteiger partial charge in [-0.3, -0.25) is 9.59 Å². The quantitative estimate of drug-likeness (QED) is 0.756. The molecule has 1 saturated carbocycles. The van der Waals surface area contributed by atoms with Gasteiger partial charge in [0.15, 0.2) is 5.78 Å². The first-order valence-corrected chi connectivity index (χ1v) is 9.67. The lowest BCUT2D eigenvalue weighted by Gasteiger charge is -2.44. The number of hydrogen-bond acceptors (Lipinski definition) is 6. The molecule has 1 aliphatic rings. The van der Waals surface area contributed by atoms with Crippen molar-refractivity contribution in [3.63, 3.8) is 0 Å². The van der Waals surface area contributed by atoms with Gasteiger partial charge in [0.05, 0.1) is 5.75 Å². The molecule has 1 heterocycles. The van der Waals surface area contributed by atoms with Crippen molar-refractivity contribution in [1.82, 2.24) is 20.1 Å². The number of nitrogens with one attached hydrogen (secondary N) is 1. The molecule has 3 N–H and O–H groups in total. The number of nitrogens with zero attached hydrogens (tertiary/aromatic N) is 3. The van der Waals surface area contributed by atoms with Crippen molar-refractivity contribution in [2.75, 3.05) is 18.5 Å². The number of aromatic amines is 1. The number of halogens is 1. The summed E-state index contributed by atoms with van der Waals surface area (Å²) in [4.78, 5) is 31.4. The number of nitrogens with two attached hydrogens (primary N) is 1. The zero-order valence-electron chi connectivity index (χ0n) is 14.4. The van der Waals surface area contributed by atoms with Crippen LogP contribution in [0.1, 0.15) is 31.2 Å². The number of carbonyl (C=O) groups excluding carboxylic acids is 2. The monoisotopic (exact) mass is 393 g/mol. The highest BCUT2D eigenvalue weighted by Gasteiger charge is 2.47. The summed E-state index contributed by atoms with van der Waals surface area (Å²) < 4.78 is 0. The number of hydrogen-bond donors (Lipinski definition) is 2. The van der Waals surface area contributed by atoms with Gasteiger partial charge in [0.1, 0.15) is 5.54 Å². The average molecular weight is 394 g/mol. The molecule has 1 aliphatic carbocycles. The molecule has 0 spiro atoms. The SMILES string of the molecule is CN(C(=O)CSc1n[nH]c(N)n1)C1(c2ccccc2Cl)CCCCC1=O. The first kappa shape index (κ1) is 18.7. The molecule has 7 nitrogen and oxygen atoms in total. The van der Waals surface area contributed by atoms with E-state index in [0.29, 0.717) is 28.6 Å². The Balaban J connectivity index is 1.87. The lowest BCUT2D eigenvalue weighted by Crippen LogP contribution is -2.54. The summed E-state index contributed by atoms with van der Waals surface area (Å²) >= 11 is 7.58. The fourth-order valence-electron chi connectivity index (χ4n) is 3.39. The Hall–Kier alpha value is -2.06. The number of aromatic nitrogens is 3. The Kier molecular flexibility index (Phi) is 5.52. The molecule has 1 fully saturated rings. The molecule has 3 rings (SSSR count). The van der Waals surface area contributed by atoms with Gasteiger partial charge in [-0.15, -0.1) is 5.10 Å². The highest BCUT2D eigenvalue weighted by molar-refractivity contribution is 7.99. The van der Waals surface area contributed by atoms with Crippen LogP contribution in [0.15, 0.2) is 29.4 Å². The van der Waals surface area contributed by atoms with Crippen molar-refractivity contribution >= 4 is 41.0 Å². The summed E-state index contributed by atoms with van der Waals surface area (Å²) in [6.07, 6.45) is 2.70. The summed E-state index contributed by atoms with van der Waals surface area (Å²) in [5.41, 5.74) is 5.16. The fourth-order valence-corrected chi connectivity index (χ4v) is 4.40. The minimum atomic E-state index is -1.02. The molecule has 0 aliphatic heterocycles. The predicted octanol–water partition coefficient (Wildman–Crippen LogP) is 2.63. The molecule has 1 unspecified atom stereocenters. The van der Waals surface area contributed by atoms with Crippen LogP contribution in [-0.4, -0.2) is 44.6 Å². The van der Waals surface area contributed by atoms with E-state index in [0.717, 1.165) is 12.8 Å². The smallest absolute Gasteiger partial charge is 0.233 e. The molecule has 0 radical (unpaired) electrons. The van der Waals surface area contributed by atoms with Crippen molar-refractivity contribution in [2.24, 2.45) is 0 Å². The Morgan fingerprint density at radius 3 is 2.85 bits per heavy atom. The number of H-pyrrole nitrogens is 1. The molecule has 26 heavy (non-hydrogen) atoms. The molecular formula is C17H20ClN5O2S. The minimum absolute atomic E-state index is 0.0276. The van der Waals surface area contributed by atoms with Crippen LogP contribution in [0, 0.1) is 0 Å². The number of likely N-dealkylation sites (N-methyl/N-ethyl adjacent to an activating group) is 1. The van der Waals surface area contributed by atoms with Gasteiger partial charge in [-0.25, -0.2) is 5.10 Å². The van der Waals surface area contributed by atoms with Crippen LogP contribution in [0.2, 0.25) is 5.02 Å². The number of nitrogen functional groups attached to an aromatic ring is 1. The maximum atomic E-state index is 13.0. The van der Waals surface area contributed by atoms with Gasteiger partial charge in [-0.2, -0.15) is 4.98 Å². The fraction of sp³-hybridized carbons (Fsp3) is 0.412. The van der Waals surface area contributed by atoms with Crippen LogP contribution >= 0.6 is 23.4 Å². The largest absolute Gasteiger partial charge is 0.368 e. The number of benzene rings is 1. The highest BCUT2D eigenvalue weighted by Crippen LogP contribution is 2.42. The third-order valence-corrected chi connectivity index (χ3v) is 5.89. The molecule has 138 valence electrons. The molecule has 2 aromatic rings. The molecule has 0 bridgehead atoms. The predicted molar refractivity (Wildman–Crippen MR) is 101 cm³/mol. The lowest BCUT2D eigenvalue weighted by molar-refractivity contribution is -0.146. The van der Waals surface area contributed by atoms with Gasteiger partial charge >= 0.3 is 0 Å². The van der Waals surface area contributed by atoms with Crippen molar-refractivity contribution in [3.8, 4) is 0 Å². The maximum Gasteiger partial charge on any atom is 0.233 e. The van der Waals surface area contributed by atoms with Gasteiger partial charge in [-0.1, -0.05) is 41.6 Å². The minimum Gasteiger partial charge on any atom is -0.368 e. The van der Waals surface area contributed by atoms with Gasteiger partial charge in [0, 0.05) is 24.1 Å². The Bertz CT molecular complexity index is 827. The molecule has 9 heteroatoms. The highest BCUT2D eigenvalue weighted by atomic mass is 35.5. The number of ketones is 1. The van der Waals surface area contributed by atoms with E-state index < -0.39 is 5.54 Å². The maximum absolute atomic E-state index is 13.0. The second-order valence-electron chi connectivity index (χ2n) is 6.22. The summed E-state index contributed by atoms with van der Waals surface area (Å²) in [5, 5.41) is 7.33. The molecule has 1 atom stereocenters. The van der Waals surface area contributed by atoms with E-state index >= 15 is 0 Å². The summed E-state index contributed by atoms with van der Waals surface area (Å²) in [6.45, 7) is 0. The number of carbonyl (C=O) groups is 2. The third kappa shape index (κ3) is 3.43. The Morgan fingerprint density at radius 2 is 2.19 bits per heavy atom. The van der Waals surface area contributed by atoms with E-state index in [9.17, 15) is 9.59 Å². The zero-order chi connectivity index (χ0) is 18.7. The standard InChI is InChI=1S/C17H20ClN5O2S/c1-23(14(25)10-26-16-20-15(19)21-22-16)17(9-5-4-8-13(17)24)11-6-2-3-7-12(11)18/h2-3,6-7H,4-5,8-10H2,1H3,(H3,19,20,21,22). The van der Waals surface area contributed by atoms with Gasteiger partial charge in [0.25, 0.3) is 0 Å². The normalized spacial score (nSPS) is 20.2. The van der Waals surface area contributed by atoms with Gasteiger partial charge in [-0.05, 0) is 25.3 Å². The zero-order valence-corrected chi connectivity index (χ0v) is 15.9.